The summed E-state index contributed by atoms with van der Waals surface area (Å²) in [5, 5.41) is 3.75. The summed E-state index contributed by atoms with van der Waals surface area (Å²) in [6.07, 6.45) is -0.172. The molecular formula is C15H22ClNO4. The predicted molar refractivity (Wildman–Crippen MR) is 82.1 cm³/mol. The number of methoxy groups -OCH3 is 1. The number of hydrogen-bond donors (Lipinski definition) is 1. The zero-order chi connectivity index (χ0) is 15.8. The average molecular weight is 316 g/mol. The van der Waals surface area contributed by atoms with Gasteiger partial charge < -0.3 is 19.5 Å². The number of carbonyl (C=O) groups is 1. The SMILES string of the molecule is CCNCc1cc(Cl)cc(OC)c1OCC(=O)OC(C)C. The zero-order valence-corrected chi connectivity index (χ0v) is 13.6. The molecule has 1 aromatic rings. The third-order valence-corrected chi connectivity index (χ3v) is 2.80. The summed E-state index contributed by atoms with van der Waals surface area (Å²) in [4.78, 5) is 11.6. The molecule has 0 atom stereocenters. The number of carbonyl (C=O) groups excluding carboxylic acids is 1. The van der Waals surface area contributed by atoms with E-state index in [-0.39, 0.29) is 12.7 Å². The summed E-state index contributed by atoms with van der Waals surface area (Å²) in [5.74, 6) is 0.577. The molecule has 0 radical (unpaired) electrons. The molecule has 0 aliphatic carbocycles. The van der Waals surface area contributed by atoms with E-state index in [9.17, 15) is 4.79 Å². The van der Waals surface area contributed by atoms with E-state index in [1.54, 1.807) is 26.0 Å². The minimum absolute atomic E-state index is 0.171. The van der Waals surface area contributed by atoms with Crippen LogP contribution in [0.4, 0.5) is 0 Å². The Morgan fingerprint density at radius 2 is 2.10 bits per heavy atom. The predicted octanol–water partition coefficient (Wildman–Crippen LogP) is 2.79. The number of rotatable bonds is 8. The standard InChI is InChI=1S/C15H22ClNO4/c1-5-17-8-11-6-12(16)7-13(19-4)15(11)20-9-14(18)21-10(2)3/h6-7,10,17H,5,8-9H2,1-4H3. The first kappa shape index (κ1) is 17.6. The van der Waals surface area contributed by atoms with Gasteiger partial charge in [-0.3, -0.25) is 0 Å². The highest BCUT2D eigenvalue weighted by molar-refractivity contribution is 6.30. The van der Waals surface area contributed by atoms with Crippen LogP contribution in [0.2, 0.25) is 5.02 Å². The van der Waals surface area contributed by atoms with E-state index in [1.807, 2.05) is 6.92 Å². The molecule has 1 aromatic carbocycles. The van der Waals surface area contributed by atoms with E-state index in [0.29, 0.717) is 23.1 Å². The lowest BCUT2D eigenvalue weighted by molar-refractivity contribution is -0.149. The van der Waals surface area contributed by atoms with Crippen LogP contribution in [0.1, 0.15) is 26.3 Å². The summed E-state index contributed by atoms with van der Waals surface area (Å²) in [5.41, 5.74) is 0.832. The number of esters is 1. The van der Waals surface area contributed by atoms with Gasteiger partial charge in [0.2, 0.25) is 0 Å². The van der Waals surface area contributed by atoms with Gasteiger partial charge in [-0.15, -0.1) is 0 Å². The minimum atomic E-state index is -0.420. The molecule has 0 saturated heterocycles. The van der Waals surface area contributed by atoms with Crippen molar-refractivity contribution in [2.45, 2.75) is 33.4 Å². The van der Waals surface area contributed by atoms with Gasteiger partial charge in [-0.25, -0.2) is 4.79 Å². The fourth-order valence-corrected chi connectivity index (χ4v) is 1.99. The minimum Gasteiger partial charge on any atom is -0.493 e. The first-order valence-corrected chi connectivity index (χ1v) is 7.25. The van der Waals surface area contributed by atoms with E-state index >= 15 is 0 Å². The summed E-state index contributed by atoms with van der Waals surface area (Å²) < 4.78 is 15.9. The average Bonchev–Trinajstić information content (AvgIpc) is 2.42. The lowest BCUT2D eigenvalue weighted by Gasteiger charge is -2.16. The van der Waals surface area contributed by atoms with Crippen molar-refractivity contribution in [1.29, 1.82) is 0 Å². The lowest BCUT2D eigenvalue weighted by atomic mass is 10.2. The van der Waals surface area contributed by atoms with E-state index in [2.05, 4.69) is 5.32 Å². The second-order valence-corrected chi connectivity index (χ2v) is 5.14. The van der Waals surface area contributed by atoms with Gasteiger partial charge in [0.25, 0.3) is 0 Å². The van der Waals surface area contributed by atoms with Crippen LogP contribution < -0.4 is 14.8 Å². The normalized spacial score (nSPS) is 10.6. The van der Waals surface area contributed by atoms with Crippen molar-refractivity contribution in [1.82, 2.24) is 5.32 Å². The summed E-state index contributed by atoms with van der Waals surface area (Å²) in [7, 11) is 1.53. The quantitative estimate of drug-likeness (QED) is 0.748. The highest BCUT2D eigenvalue weighted by Crippen LogP contribution is 2.34. The van der Waals surface area contributed by atoms with Crippen LogP contribution in [-0.2, 0) is 16.1 Å². The van der Waals surface area contributed by atoms with Gasteiger partial charge in [-0.1, -0.05) is 18.5 Å². The number of ether oxygens (including phenoxy) is 3. The van der Waals surface area contributed by atoms with E-state index in [4.69, 9.17) is 25.8 Å². The third kappa shape index (κ3) is 5.81. The Morgan fingerprint density at radius 3 is 2.67 bits per heavy atom. The lowest BCUT2D eigenvalue weighted by Crippen LogP contribution is -2.20. The number of benzene rings is 1. The molecule has 0 fully saturated rings. The van der Waals surface area contributed by atoms with Crippen LogP contribution in [0.25, 0.3) is 0 Å². The van der Waals surface area contributed by atoms with Crippen molar-refractivity contribution in [3.63, 3.8) is 0 Å². The maximum atomic E-state index is 11.6. The maximum Gasteiger partial charge on any atom is 0.344 e. The van der Waals surface area contributed by atoms with Crippen LogP contribution in [0, 0.1) is 0 Å². The first-order valence-electron chi connectivity index (χ1n) is 6.87. The molecule has 6 heteroatoms. The van der Waals surface area contributed by atoms with Crippen molar-refractivity contribution in [2.24, 2.45) is 0 Å². The molecule has 0 amide bonds. The van der Waals surface area contributed by atoms with Gasteiger partial charge in [-0.2, -0.15) is 0 Å². The molecule has 1 N–H and O–H groups in total. The Kier molecular flexibility index (Phi) is 7.32. The fourth-order valence-electron chi connectivity index (χ4n) is 1.76. The van der Waals surface area contributed by atoms with Gasteiger partial charge in [0.1, 0.15) is 0 Å². The van der Waals surface area contributed by atoms with Gasteiger partial charge in [0.15, 0.2) is 18.1 Å². The second kappa shape index (κ2) is 8.74. The monoisotopic (exact) mass is 315 g/mol. The molecule has 0 spiro atoms. The number of halogens is 1. The second-order valence-electron chi connectivity index (χ2n) is 4.70. The highest BCUT2D eigenvalue weighted by Gasteiger charge is 2.15. The van der Waals surface area contributed by atoms with E-state index in [0.717, 1.165) is 12.1 Å². The molecule has 0 saturated carbocycles. The van der Waals surface area contributed by atoms with Gasteiger partial charge in [-0.05, 0) is 26.5 Å². The Labute approximate surface area is 130 Å². The molecule has 0 aliphatic rings. The molecular weight excluding hydrogens is 294 g/mol. The topological polar surface area (TPSA) is 56.8 Å². The first-order chi connectivity index (χ1) is 9.97. The highest BCUT2D eigenvalue weighted by atomic mass is 35.5. The fraction of sp³-hybridized carbons (Fsp3) is 0.533. The summed E-state index contributed by atoms with van der Waals surface area (Å²) >= 11 is 6.06. The maximum absolute atomic E-state index is 11.6. The molecule has 0 aromatic heterocycles. The van der Waals surface area contributed by atoms with Crippen LogP contribution in [0.3, 0.4) is 0 Å². The van der Waals surface area contributed by atoms with Crippen molar-refractivity contribution in [3.05, 3.63) is 22.7 Å². The molecule has 0 bridgehead atoms. The summed E-state index contributed by atoms with van der Waals surface area (Å²) in [6, 6.07) is 3.44. The molecule has 5 nitrogen and oxygen atoms in total. The smallest absolute Gasteiger partial charge is 0.344 e. The van der Waals surface area contributed by atoms with Gasteiger partial charge in [0.05, 0.1) is 13.2 Å². The molecule has 0 unspecified atom stereocenters. The van der Waals surface area contributed by atoms with E-state index in [1.165, 1.54) is 7.11 Å². The molecule has 118 valence electrons. The van der Waals surface area contributed by atoms with Crippen molar-refractivity contribution in [3.8, 4) is 11.5 Å². The van der Waals surface area contributed by atoms with Crippen LogP contribution in [-0.4, -0.2) is 32.3 Å². The Morgan fingerprint density at radius 1 is 1.38 bits per heavy atom. The Balaban J connectivity index is 2.88. The van der Waals surface area contributed by atoms with Crippen molar-refractivity contribution < 1.29 is 19.0 Å². The summed E-state index contributed by atoms with van der Waals surface area (Å²) in [6.45, 7) is 6.79. The van der Waals surface area contributed by atoms with Crippen molar-refractivity contribution >= 4 is 17.6 Å². The Hall–Kier alpha value is -1.46. The molecule has 21 heavy (non-hydrogen) atoms. The largest absolute Gasteiger partial charge is 0.493 e. The molecule has 1 rings (SSSR count). The Bertz CT molecular complexity index is 477. The molecule has 0 heterocycles. The molecule has 0 aliphatic heterocycles. The van der Waals surface area contributed by atoms with Gasteiger partial charge >= 0.3 is 5.97 Å². The van der Waals surface area contributed by atoms with Crippen molar-refractivity contribution in [2.75, 3.05) is 20.3 Å². The number of nitrogens with one attached hydrogen (secondary N) is 1. The van der Waals surface area contributed by atoms with Gasteiger partial charge in [0, 0.05) is 23.2 Å². The van der Waals surface area contributed by atoms with Crippen LogP contribution >= 0.6 is 11.6 Å². The number of hydrogen-bond acceptors (Lipinski definition) is 5. The van der Waals surface area contributed by atoms with Crippen LogP contribution in [0.15, 0.2) is 12.1 Å². The third-order valence-electron chi connectivity index (χ3n) is 2.58. The zero-order valence-electron chi connectivity index (χ0n) is 12.9. The van der Waals surface area contributed by atoms with E-state index < -0.39 is 5.97 Å². The van der Waals surface area contributed by atoms with Crippen LogP contribution in [0.5, 0.6) is 11.5 Å².